The first-order valence-corrected chi connectivity index (χ1v) is 8.73. The molecule has 0 heterocycles. The van der Waals surface area contributed by atoms with E-state index in [0.717, 1.165) is 12.6 Å². The van der Waals surface area contributed by atoms with Crippen LogP contribution in [0, 0.1) is 0 Å². The molecule has 1 saturated carbocycles. The molecule has 3 heteroatoms. The minimum Gasteiger partial charge on any atom is -0.378 e. The first-order chi connectivity index (χ1) is 9.76. The summed E-state index contributed by atoms with van der Waals surface area (Å²) in [7, 11) is 4.32. The van der Waals surface area contributed by atoms with Crippen LogP contribution >= 0.6 is 0 Å². The molecule has 3 nitrogen and oxygen atoms in total. The van der Waals surface area contributed by atoms with Gasteiger partial charge in [0.2, 0.25) is 0 Å². The number of nitrogens with one attached hydrogen (secondary N) is 1. The van der Waals surface area contributed by atoms with Gasteiger partial charge >= 0.3 is 0 Å². The van der Waals surface area contributed by atoms with Crippen molar-refractivity contribution in [3.63, 3.8) is 0 Å². The van der Waals surface area contributed by atoms with Crippen LogP contribution in [0.3, 0.4) is 0 Å². The summed E-state index contributed by atoms with van der Waals surface area (Å²) in [4.78, 5) is 2.47. The van der Waals surface area contributed by atoms with Crippen molar-refractivity contribution in [1.82, 2.24) is 10.2 Å². The van der Waals surface area contributed by atoms with Crippen molar-refractivity contribution < 1.29 is 4.74 Å². The van der Waals surface area contributed by atoms with Crippen LogP contribution < -0.4 is 5.32 Å². The van der Waals surface area contributed by atoms with Crippen molar-refractivity contribution in [2.45, 2.75) is 76.9 Å². The lowest BCUT2D eigenvalue weighted by atomic mass is 9.93. The van der Waals surface area contributed by atoms with E-state index in [1.165, 1.54) is 70.9 Å². The second kappa shape index (κ2) is 11.5. The van der Waals surface area contributed by atoms with E-state index in [1.54, 1.807) is 0 Å². The summed E-state index contributed by atoms with van der Waals surface area (Å²) in [6.07, 6.45) is 12.1. The van der Waals surface area contributed by atoms with E-state index in [1.807, 2.05) is 0 Å². The zero-order valence-corrected chi connectivity index (χ0v) is 14.0. The normalized spacial score (nSPS) is 23.4. The van der Waals surface area contributed by atoms with Gasteiger partial charge in [-0.2, -0.15) is 0 Å². The summed E-state index contributed by atoms with van der Waals surface area (Å²) in [5, 5.41) is 3.37. The SMILES string of the molecule is CCCCCN(C)CCCCOC1CCC(NC)CC1. The Hall–Kier alpha value is -0.120. The lowest BCUT2D eigenvalue weighted by molar-refractivity contribution is 0.0205. The number of nitrogens with zero attached hydrogens (tertiary/aromatic N) is 1. The smallest absolute Gasteiger partial charge is 0.0576 e. The second-order valence-corrected chi connectivity index (χ2v) is 6.35. The maximum absolute atomic E-state index is 6.01. The summed E-state index contributed by atoms with van der Waals surface area (Å²) < 4.78 is 6.01. The zero-order valence-electron chi connectivity index (χ0n) is 14.0. The fraction of sp³-hybridized carbons (Fsp3) is 1.00. The molecule has 0 saturated heterocycles. The van der Waals surface area contributed by atoms with E-state index < -0.39 is 0 Å². The number of rotatable bonds is 11. The van der Waals surface area contributed by atoms with Crippen molar-refractivity contribution in [3.05, 3.63) is 0 Å². The fourth-order valence-electron chi connectivity index (χ4n) is 3.00. The minimum absolute atomic E-state index is 0.530. The molecule has 0 radical (unpaired) electrons. The average molecular weight is 284 g/mol. The molecule has 0 aliphatic heterocycles. The molecular weight excluding hydrogens is 248 g/mol. The number of hydrogen-bond acceptors (Lipinski definition) is 3. The quantitative estimate of drug-likeness (QED) is 0.588. The molecule has 0 spiro atoms. The Balaban J connectivity index is 1.89. The van der Waals surface area contributed by atoms with Crippen LogP contribution in [0.5, 0.6) is 0 Å². The molecule has 1 rings (SSSR count). The second-order valence-electron chi connectivity index (χ2n) is 6.35. The Morgan fingerprint density at radius 1 is 1.00 bits per heavy atom. The molecule has 0 unspecified atom stereocenters. The van der Waals surface area contributed by atoms with Crippen LogP contribution in [-0.4, -0.2) is 50.8 Å². The largest absolute Gasteiger partial charge is 0.378 e. The number of unbranched alkanes of at least 4 members (excludes halogenated alkanes) is 3. The van der Waals surface area contributed by atoms with Crippen LogP contribution in [0.4, 0.5) is 0 Å². The standard InChI is InChI=1S/C17H36N2O/c1-4-5-6-13-19(3)14-7-8-15-20-17-11-9-16(18-2)10-12-17/h16-18H,4-15H2,1-3H3. The summed E-state index contributed by atoms with van der Waals surface area (Å²) in [6.45, 7) is 5.70. The van der Waals surface area contributed by atoms with E-state index in [2.05, 4.69) is 31.2 Å². The Morgan fingerprint density at radius 3 is 2.25 bits per heavy atom. The highest BCUT2D eigenvalue weighted by Crippen LogP contribution is 2.21. The molecule has 120 valence electrons. The van der Waals surface area contributed by atoms with Crippen molar-refractivity contribution in [2.24, 2.45) is 0 Å². The monoisotopic (exact) mass is 284 g/mol. The molecular formula is C17H36N2O. The lowest BCUT2D eigenvalue weighted by Crippen LogP contribution is -2.33. The third-order valence-corrected chi connectivity index (χ3v) is 4.51. The third-order valence-electron chi connectivity index (χ3n) is 4.51. The molecule has 1 aliphatic carbocycles. The maximum Gasteiger partial charge on any atom is 0.0576 e. The average Bonchev–Trinajstić information content (AvgIpc) is 2.48. The van der Waals surface area contributed by atoms with Gasteiger partial charge in [-0.05, 0) is 72.1 Å². The Kier molecular flexibility index (Phi) is 10.3. The molecule has 1 aliphatic rings. The molecule has 0 aromatic carbocycles. The Morgan fingerprint density at radius 2 is 1.65 bits per heavy atom. The highest BCUT2D eigenvalue weighted by atomic mass is 16.5. The van der Waals surface area contributed by atoms with Crippen LogP contribution in [-0.2, 0) is 4.74 Å². The first kappa shape index (κ1) is 17.9. The molecule has 0 atom stereocenters. The van der Waals surface area contributed by atoms with Gasteiger partial charge in [-0.25, -0.2) is 0 Å². The molecule has 1 fully saturated rings. The number of ether oxygens (including phenoxy) is 1. The van der Waals surface area contributed by atoms with Gasteiger partial charge in [0.15, 0.2) is 0 Å². The summed E-state index contributed by atoms with van der Waals surface area (Å²) >= 11 is 0. The summed E-state index contributed by atoms with van der Waals surface area (Å²) in [5.74, 6) is 0. The Bertz CT molecular complexity index is 215. The summed E-state index contributed by atoms with van der Waals surface area (Å²) in [5.41, 5.74) is 0. The molecule has 0 bridgehead atoms. The highest BCUT2D eigenvalue weighted by Gasteiger charge is 2.19. The van der Waals surface area contributed by atoms with E-state index in [0.29, 0.717) is 6.10 Å². The van der Waals surface area contributed by atoms with E-state index in [4.69, 9.17) is 4.74 Å². The van der Waals surface area contributed by atoms with Crippen molar-refractivity contribution >= 4 is 0 Å². The molecule has 0 amide bonds. The van der Waals surface area contributed by atoms with Gasteiger partial charge in [-0.3, -0.25) is 0 Å². The first-order valence-electron chi connectivity index (χ1n) is 8.73. The van der Waals surface area contributed by atoms with Crippen molar-refractivity contribution in [3.8, 4) is 0 Å². The van der Waals surface area contributed by atoms with Gasteiger partial charge < -0.3 is 15.0 Å². The van der Waals surface area contributed by atoms with Crippen LogP contribution in [0.25, 0.3) is 0 Å². The minimum atomic E-state index is 0.530. The predicted molar refractivity (Wildman–Crippen MR) is 87.3 cm³/mol. The summed E-state index contributed by atoms with van der Waals surface area (Å²) in [6, 6.07) is 0.728. The van der Waals surface area contributed by atoms with Crippen molar-refractivity contribution in [1.29, 1.82) is 0 Å². The van der Waals surface area contributed by atoms with Crippen LogP contribution in [0.15, 0.2) is 0 Å². The van der Waals surface area contributed by atoms with Crippen molar-refractivity contribution in [2.75, 3.05) is 33.8 Å². The molecule has 0 aromatic heterocycles. The molecule has 0 aromatic rings. The lowest BCUT2D eigenvalue weighted by Gasteiger charge is -2.28. The van der Waals surface area contributed by atoms with E-state index >= 15 is 0 Å². The molecule has 20 heavy (non-hydrogen) atoms. The van der Waals surface area contributed by atoms with E-state index in [9.17, 15) is 0 Å². The van der Waals surface area contributed by atoms with Gasteiger partial charge in [-0.1, -0.05) is 19.8 Å². The van der Waals surface area contributed by atoms with Gasteiger partial charge in [0, 0.05) is 12.6 Å². The predicted octanol–water partition coefficient (Wildman–Crippen LogP) is 3.44. The van der Waals surface area contributed by atoms with Gasteiger partial charge in [0.05, 0.1) is 6.10 Å². The van der Waals surface area contributed by atoms with Gasteiger partial charge in [-0.15, -0.1) is 0 Å². The molecule has 1 N–H and O–H groups in total. The zero-order chi connectivity index (χ0) is 14.6. The fourth-order valence-corrected chi connectivity index (χ4v) is 3.00. The Labute approximate surface area is 126 Å². The topological polar surface area (TPSA) is 24.5 Å². The van der Waals surface area contributed by atoms with Gasteiger partial charge in [0.1, 0.15) is 0 Å². The number of hydrogen-bond donors (Lipinski definition) is 1. The van der Waals surface area contributed by atoms with E-state index in [-0.39, 0.29) is 0 Å². The maximum atomic E-state index is 6.01. The van der Waals surface area contributed by atoms with Crippen LogP contribution in [0.2, 0.25) is 0 Å². The highest BCUT2D eigenvalue weighted by molar-refractivity contribution is 4.76. The van der Waals surface area contributed by atoms with Gasteiger partial charge in [0.25, 0.3) is 0 Å². The van der Waals surface area contributed by atoms with Crippen LogP contribution in [0.1, 0.15) is 64.7 Å². The third kappa shape index (κ3) is 8.23.